The third kappa shape index (κ3) is 4.17. The molecule has 1 saturated heterocycles. The lowest BCUT2D eigenvalue weighted by atomic mass is 10.00. The predicted octanol–water partition coefficient (Wildman–Crippen LogP) is 2.39. The minimum absolute atomic E-state index is 0.219. The van der Waals surface area contributed by atoms with Gasteiger partial charge in [0.05, 0.1) is 23.3 Å². The van der Waals surface area contributed by atoms with E-state index in [-0.39, 0.29) is 5.91 Å². The fourth-order valence-electron chi connectivity index (χ4n) is 3.00. The molecule has 1 unspecified atom stereocenters. The summed E-state index contributed by atoms with van der Waals surface area (Å²) in [7, 11) is 0. The lowest BCUT2D eigenvalue weighted by Gasteiger charge is -2.22. The number of aromatic nitrogens is 4. The van der Waals surface area contributed by atoms with Gasteiger partial charge in [0.2, 0.25) is 0 Å². The van der Waals surface area contributed by atoms with Crippen molar-refractivity contribution in [1.82, 2.24) is 30.6 Å². The molecule has 2 N–H and O–H groups in total. The van der Waals surface area contributed by atoms with Gasteiger partial charge in [-0.25, -0.2) is 4.98 Å². The number of carbonyl (C=O) groups is 1. The van der Waals surface area contributed by atoms with Crippen molar-refractivity contribution in [3.05, 3.63) is 40.5 Å². The summed E-state index contributed by atoms with van der Waals surface area (Å²) in [6.07, 6.45) is 4.10. The third-order valence-corrected chi connectivity index (χ3v) is 6.26. The molecule has 26 heavy (non-hydrogen) atoms. The number of thiophene rings is 1. The van der Waals surface area contributed by atoms with Crippen molar-refractivity contribution < 1.29 is 4.79 Å². The molecule has 1 atom stereocenters. The minimum atomic E-state index is -0.219. The summed E-state index contributed by atoms with van der Waals surface area (Å²) in [5.41, 5.74) is 1.20. The Labute approximate surface area is 159 Å². The first-order chi connectivity index (χ1) is 12.8. The number of nitrogens with one attached hydrogen (secondary N) is 2. The largest absolute Gasteiger partial charge is 0.345 e. The topological polar surface area (TPSA) is 84.7 Å². The van der Waals surface area contributed by atoms with Crippen molar-refractivity contribution in [1.29, 1.82) is 0 Å². The summed E-state index contributed by atoms with van der Waals surface area (Å²) < 4.78 is 1.77. The number of hydrogen-bond donors (Lipinski definition) is 2. The molecule has 0 aromatic carbocycles. The second kappa shape index (κ2) is 8.07. The molecular weight excluding hydrogens is 368 g/mol. The van der Waals surface area contributed by atoms with Gasteiger partial charge in [0, 0.05) is 11.9 Å². The van der Waals surface area contributed by atoms with Crippen molar-refractivity contribution in [3.8, 4) is 9.88 Å². The van der Waals surface area contributed by atoms with Crippen molar-refractivity contribution in [2.75, 3.05) is 13.1 Å². The summed E-state index contributed by atoms with van der Waals surface area (Å²) in [5, 5.41) is 19.3. The standard InChI is InChI=1S/C17H20N6OS2/c24-16(14-10-23(22-21-14)9-12-3-1-5-18-7-12)19-8-13-11-26-17(20-13)15-4-2-6-25-15/h2,4,6,10-12,18H,1,3,5,7-9H2,(H,19,24). The first kappa shape index (κ1) is 17.3. The van der Waals surface area contributed by atoms with Gasteiger partial charge in [0.15, 0.2) is 5.69 Å². The Morgan fingerprint density at radius 2 is 2.38 bits per heavy atom. The van der Waals surface area contributed by atoms with Crippen LogP contribution in [0.5, 0.6) is 0 Å². The summed E-state index contributed by atoms with van der Waals surface area (Å²) >= 11 is 3.25. The normalized spacial score (nSPS) is 17.3. The van der Waals surface area contributed by atoms with Crippen LogP contribution in [-0.4, -0.2) is 39.0 Å². The molecule has 4 heterocycles. The van der Waals surface area contributed by atoms with Gasteiger partial charge in [0.1, 0.15) is 5.01 Å². The fourth-order valence-corrected chi connectivity index (χ4v) is 4.63. The van der Waals surface area contributed by atoms with Gasteiger partial charge in [-0.05, 0) is 43.3 Å². The average molecular weight is 389 g/mol. The molecule has 1 aliphatic rings. The van der Waals surface area contributed by atoms with Crippen molar-refractivity contribution in [2.45, 2.75) is 25.9 Å². The molecule has 4 rings (SSSR count). The average Bonchev–Trinajstić information content (AvgIpc) is 3.41. The number of carbonyl (C=O) groups excluding carboxylic acids is 1. The highest BCUT2D eigenvalue weighted by Crippen LogP contribution is 2.27. The maximum absolute atomic E-state index is 12.3. The molecule has 1 aliphatic heterocycles. The Morgan fingerprint density at radius 3 is 3.19 bits per heavy atom. The number of thiazole rings is 1. The Hall–Kier alpha value is -2.10. The lowest BCUT2D eigenvalue weighted by molar-refractivity contribution is 0.0945. The highest BCUT2D eigenvalue weighted by Gasteiger charge is 2.16. The first-order valence-electron chi connectivity index (χ1n) is 8.65. The molecular formula is C17H20N6OS2. The van der Waals surface area contributed by atoms with E-state index in [4.69, 9.17) is 0 Å². The fraction of sp³-hybridized carbons (Fsp3) is 0.412. The van der Waals surface area contributed by atoms with E-state index in [1.54, 1.807) is 33.6 Å². The van der Waals surface area contributed by atoms with Gasteiger partial charge in [-0.2, -0.15) is 0 Å². The number of nitrogens with zero attached hydrogens (tertiary/aromatic N) is 4. The van der Waals surface area contributed by atoms with E-state index in [0.29, 0.717) is 18.2 Å². The van der Waals surface area contributed by atoms with E-state index in [0.717, 1.165) is 35.2 Å². The molecule has 1 fully saturated rings. The molecule has 0 radical (unpaired) electrons. The van der Waals surface area contributed by atoms with E-state index < -0.39 is 0 Å². The molecule has 0 spiro atoms. The van der Waals surface area contributed by atoms with E-state index in [2.05, 4.69) is 25.9 Å². The zero-order chi connectivity index (χ0) is 17.8. The monoisotopic (exact) mass is 388 g/mol. The second-order valence-electron chi connectivity index (χ2n) is 6.34. The quantitative estimate of drug-likeness (QED) is 0.677. The zero-order valence-corrected chi connectivity index (χ0v) is 15.9. The van der Waals surface area contributed by atoms with Crippen LogP contribution in [0.1, 0.15) is 29.0 Å². The summed E-state index contributed by atoms with van der Waals surface area (Å²) in [4.78, 5) is 18.0. The Morgan fingerprint density at radius 1 is 1.42 bits per heavy atom. The molecule has 0 bridgehead atoms. The SMILES string of the molecule is O=C(NCc1csc(-c2cccs2)n1)c1cn(CC2CCCNC2)nn1. The molecule has 1 amide bonds. The van der Waals surface area contributed by atoms with Crippen LogP contribution in [0.2, 0.25) is 0 Å². The van der Waals surface area contributed by atoms with Gasteiger partial charge in [-0.3, -0.25) is 9.48 Å². The van der Waals surface area contributed by atoms with Crippen molar-refractivity contribution in [3.63, 3.8) is 0 Å². The Kier molecular flexibility index (Phi) is 5.37. The third-order valence-electron chi connectivity index (χ3n) is 4.33. The number of piperidine rings is 1. The molecule has 136 valence electrons. The van der Waals surface area contributed by atoms with E-state index in [9.17, 15) is 4.79 Å². The highest BCUT2D eigenvalue weighted by atomic mass is 32.1. The van der Waals surface area contributed by atoms with E-state index in [1.807, 2.05) is 22.9 Å². The Balaban J connectivity index is 1.31. The lowest BCUT2D eigenvalue weighted by Crippen LogP contribution is -2.32. The maximum atomic E-state index is 12.3. The van der Waals surface area contributed by atoms with Gasteiger partial charge in [-0.1, -0.05) is 11.3 Å². The van der Waals surface area contributed by atoms with Gasteiger partial charge < -0.3 is 10.6 Å². The number of rotatable bonds is 6. The summed E-state index contributed by atoms with van der Waals surface area (Å²) in [6.45, 7) is 3.27. The molecule has 9 heteroatoms. The van der Waals surface area contributed by atoms with E-state index >= 15 is 0 Å². The smallest absolute Gasteiger partial charge is 0.273 e. The van der Waals surface area contributed by atoms with Crippen LogP contribution in [0.3, 0.4) is 0 Å². The molecule has 3 aromatic rings. The molecule has 0 saturated carbocycles. The van der Waals surface area contributed by atoms with Crippen molar-refractivity contribution >= 4 is 28.6 Å². The van der Waals surface area contributed by atoms with Crippen LogP contribution >= 0.6 is 22.7 Å². The van der Waals surface area contributed by atoms with E-state index in [1.165, 1.54) is 12.8 Å². The maximum Gasteiger partial charge on any atom is 0.273 e. The van der Waals surface area contributed by atoms with Crippen molar-refractivity contribution in [2.24, 2.45) is 5.92 Å². The van der Waals surface area contributed by atoms with Crippen LogP contribution in [0.25, 0.3) is 9.88 Å². The minimum Gasteiger partial charge on any atom is -0.345 e. The molecule has 7 nitrogen and oxygen atoms in total. The second-order valence-corrected chi connectivity index (χ2v) is 8.15. The number of amides is 1. The highest BCUT2D eigenvalue weighted by molar-refractivity contribution is 7.20. The zero-order valence-electron chi connectivity index (χ0n) is 14.2. The Bertz CT molecular complexity index is 850. The predicted molar refractivity (Wildman–Crippen MR) is 102 cm³/mol. The number of hydrogen-bond acceptors (Lipinski definition) is 7. The first-order valence-corrected chi connectivity index (χ1v) is 10.4. The van der Waals surface area contributed by atoms with Gasteiger partial charge in [0.25, 0.3) is 5.91 Å². The van der Waals surface area contributed by atoms with Crippen LogP contribution in [0.4, 0.5) is 0 Å². The van der Waals surface area contributed by atoms with Gasteiger partial charge >= 0.3 is 0 Å². The van der Waals surface area contributed by atoms with Crippen LogP contribution in [0, 0.1) is 5.92 Å². The van der Waals surface area contributed by atoms with Gasteiger partial charge in [-0.15, -0.1) is 27.8 Å². The molecule has 0 aliphatic carbocycles. The summed E-state index contributed by atoms with van der Waals surface area (Å²) in [5.74, 6) is 0.329. The van der Waals surface area contributed by atoms with Crippen LogP contribution in [-0.2, 0) is 13.1 Å². The summed E-state index contributed by atoms with van der Waals surface area (Å²) in [6, 6.07) is 4.06. The van der Waals surface area contributed by atoms with Crippen LogP contribution < -0.4 is 10.6 Å². The molecule has 3 aromatic heterocycles. The van der Waals surface area contributed by atoms with Crippen LogP contribution in [0.15, 0.2) is 29.1 Å².